The Morgan fingerprint density at radius 1 is 1.17 bits per heavy atom. The highest BCUT2D eigenvalue weighted by Crippen LogP contribution is 2.30. The van der Waals surface area contributed by atoms with Crippen LogP contribution in [0.1, 0.15) is 24.5 Å². The summed E-state index contributed by atoms with van der Waals surface area (Å²) in [4.78, 5) is 9.12. The lowest BCUT2D eigenvalue weighted by Crippen LogP contribution is -2.58. The first-order chi connectivity index (χ1) is 17.3. The molecule has 2 aromatic carbocycles. The number of nitrogens with zero attached hydrogens (tertiary/aromatic N) is 4. The van der Waals surface area contributed by atoms with E-state index < -0.39 is 12.3 Å². The van der Waals surface area contributed by atoms with Crippen molar-refractivity contribution in [1.29, 1.82) is 0 Å². The summed E-state index contributed by atoms with van der Waals surface area (Å²) < 4.78 is 13.0. The molecule has 0 bridgehead atoms. The quantitative estimate of drug-likeness (QED) is 0.311. The molecule has 0 aliphatic carbocycles. The standard InChI is InChI=1S/C26H28Cl2N4O3S/c1-15-13-32(26(16(2)33)34-20-5-7-25-23(12-20)29-17(3)36-25)9-8-31(15)14-19-11-24(35-30-19)18-4-6-21(27)22(28)10-18/h4-7,10-12,15-16,26,33H,8-9,13-14H2,1-3H3/t15-,16+,26?/m0/s1. The van der Waals surface area contributed by atoms with Crippen LogP contribution in [0.2, 0.25) is 10.0 Å². The zero-order chi connectivity index (χ0) is 25.4. The predicted octanol–water partition coefficient (Wildman–Crippen LogP) is 5.86. The van der Waals surface area contributed by atoms with Crippen LogP contribution in [0.3, 0.4) is 0 Å². The molecule has 2 aromatic heterocycles. The largest absolute Gasteiger partial charge is 0.472 e. The van der Waals surface area contributed by atoms with Gasteiger partial charge in [0.2, 0.25) is 0 Å². The van der Waals surface area contributed by atoms with Gasteiger partial charge in [-0.1, -0.05) is 28.4 Å². The van der Waals surface area contributed by atoms with Gasteiger partial charge in [-0.2, -0.15) is 0 Å². The molecule has 36 heavy (non-hydrogen) atoms. The van der Waals surface area contributed by atoms with E-state index in [9.17, 15) is 5.11 Å². The highest BCUT2D eigenvalue weighted by molar-refractivity contribution is 7.18. The molecule has 1 aliphatic heterocycles. The molecular weight excluding hydrogens is 519 g/mol. The molecule has 0 saturated carbocycles. The van der Waals surface area contributed by atoms with E-state index in [2.05, 4.69) is 26.9 Å². The van der Waals surface area contributed by atoms with Gasteiger partial charge in [0.25, 0.3) is 0 Å². The minimum absolute atomic E-state index is 0.234. The number of hydrogen-bond donors (Lipinski definition) is 1. The Bertz CT molecular complexity index is 1360. The van der Waals surface area contributed by atoms with Crippen LogP contribution in [0.4, 0.5) is 0 Å². The van der Waals surface area contributed by atoms with Gasteiger partial charge in [-0.25, -0.2) is 4.98 Å². The number of benzene rings is 2. The lowest BCUT2D eigenvalue weighted by atomic mass is 10.1. The number of hydrogen-bond acceptors (Lipinski definition) is 8. The smallest absolute Gasteiger partial charge is 0.178 e. The number of aryl methyl sites for hydroxylation is 1. The van der Waals surface area contributed by atoms with Gasteiger partial charge in [0.05, 0.1) is 31.0 Å². The van der Waals surface area contributed by atoms with Crippen molar-refractivity contribution in [2.24, 2.45) is 0 Å². The summed E-state index contributed by atoms with van der Waals surface area (Å²) in [6, 6.07) is 13.5. The molecule has 190 valence electrons. The van der Waals surface area contributed by atoms with Gasteiger partial charge in [0.1, 0.15) is 11.9 Å². The van der Waals surface area contributed by atoms with Crippen LogP contribution < -0.4 is 4.74 Å². The molecular formula is C26H28Cl2N4O3S. The molecule has 1 N–H and O–H groups in total. The SMILES string of the molecule is Cc1nc2cc(OC([C@@H](C)O)N3CCN(Cc4cc(-c5ccc(Cl)c(Cl)c5)on4)[C@@H](C)C3)ccc2s1. The third-order valence-corrected chi connectivity index (χ3v) is 8.11. The number of ether oxygens (including phenoxy) is 1. The topological polar surface area (TPSA) is 74.9 Å². The lowest BCUT2D eigenvalue weighted by Gasteiger charge is -2.43. The van der Waals surface area contributed by atoms with Gasteiger partial charge in [0.15, 0.2) is 12.0 Å². The highest BCUT2D eigenvalue weighted by atomic mass is 35.5. The van der Waals surface area contributed by atoms with Crippen molar-refractivity contribution in [2.45, 2.75) is 45.7 Å². The maximum absolute atomic E-state index is 10.5. The van der Waals surface area contributed by atoms with Gasteiger partial charge < -0.3 is 14.4 Å². The zero-order valence-electron chi connectivity index (χ0n) is 20.3. The maximum Gasteiger partial charge on any atom is 0.178 e. The number of aliphatic hydroxyl groups is 1. The van der Waals surface area contributed by atoms with E-state index in [1.807, 2.05) is 37.3 Å². The third kappa shape index (κ3) is 5.54. The fraction of sp³-hybridized carbons (Fsp3) is 0.385. The molecule has 0 radical (unpaired) electrons. The van der Waals surface area contributed by atoms with Crippen LogP contribution in [0.5, 0.6) is 5.75 Å². The number of aromatic nitrogens is 2. The van der Waals surface area contributed by atoms with Crippen molar-refractivity contribution in [3.05, 3.63) is 63.2 Å². The second-order valence-corrected chi connectivity index (χ2v) is 11.3. The molecule has 0 spiro atoms. The zero-order valence-corrected chi connectivity index (χ0v) is 22.6. The van der Waals surface area contributed by atoms with Crippen molar-refractivity contribution in [1.82, 2.24) is 19.9 Å². The van der Waals surface area contributed by atoms with Gasteiger partial charge >= 0.3 is 0 Å². The Labute approximate surface area is 224 Å². The molecule has 0 amide bonds. The predicted molar refractivity (Wildman–Crippen MR) is 144 cm³/mol. The van der Waals surface area contributed by atoms with E-state index in [0.717, 1.165) is 46.1 Å². The fourth-order valence-electron chi connectivity index (χ4n) is 4.58. The first-order valence-corrected chi connectivity index (χ1v) is 13.4. The number of rotatable bonds is 7. The molecule has 1 unspecified atom stereocenters. The number of thiazole rings is 1. The van der Waals surface area contributed by atoms with Crippen molar-refractivity contribution in [2.75, 3.05) is 19.6 Å². The van der Waals surface area contributed by atoms with Crippen LogP contribution in [-0.4, -0.2) is 63.1 Å². The van der Waals surface area contributed by atoms with E-state index in [-0.39, 0.29) is 6.04 Å². The van der Waals surface area contributed by atoms with Gasteiger partial charge in [0, 0.05) is 49.9 Å². The average Bonchev–Trinajstić information content (AvgIpc) is 3.45. The van der Waals surface area contributed by atoms with Crippen LogP contribution in [0.15, 0.2) is 47.0 Å². The Hall–Kier alpha value is -2.20. The van der Waals surface area contributed by atoms with E-state index in [4.69, 9.17) is 32.5 Å². The van der Waals surface area contributed by atoms with E-state index in [0.29, 0.717) is 28.1 Å². The van der Waals surface area contributed by atoms with Crippen LogP contribution in [-0.2, 0) is 6.54 Å². The minimum atomic E-state index is -0.652. The maximum atomic E-state index is 10.5. The Kier molecular flexibility index (Phi) is 7.53. The number of halogens is 2. The number of aliphatic hydroxyl groups excluding tert-OH is 1. The lowest BCUT2D eigenvalue weighted by molar-refractivity contribution is -0.0856. The molecule has 7 nitrogen and oxygen atoms in total. The summed E-state index contributed by atoms with van der Waals surface area (Å²) in [5.41, 5.74) is 2.61. The third-order valence-electron chi connectivity index (χ3n) is 6.42. The molecule has 4 aromatic rings. The minimum Gasteiger partial charge on any atom is -0.472 e. The molecule has 1 fully saturated rings. The highest BCUT2D eigenvalue weighted by Gasteiger charge is 2.32. The van der Waals surface area contributed by atoms with Gasteiger partial charge in [-0.15, -0.1) is 11.3 Å². The van der Waals surface area contributed by atoms with Crippen molar-refractivity contribution < 1.29 is 14.4 Å². The molecule has 5 rings (SSSR count). The molecule has 1 saturated heterocycles. The molecule has 3 heterocycles. The normalized spacial score (nSPS) is 19.0. The average molecular weight is 548 g/mol. The fourth-order valence-corrected chi connectivity index (χ4v) is 5.69. The summed E-state index contributed by atoms with van der Waals surface area (Å²) >= 11 is 13.8. The summed E-state index contributed by atoms with van der Waals surface area (Å²) in [5.74, 6) is 1.37. The first kappa shape index (κ1) is 25.4. The van der Waals surface area contributed by atoms with E-state index in [1.54, 1.807) is 30.4 Å². The van der Waals surface area contributed by atoms with Crippen molar-refractivity contribution >= 4 is 44.8 Å². The van der Waals surface area contributed by atoms with Crippen LogP contribution >= 0.6 is 34.5 Å². The van der Waals surface area contributed by atoms with Gasteiger partial charge in [-0.05, 0) is 51.1 Å². The molecule has 10 heteroatoms. The van der Waals surface area contributed by atoms with Gasteiger partial charge in [-0.3, -0.25) is 9.80 Å². The van der Waals surface area contributed by atoms with Crippen LogP contribution in [0, 0.1) is 6.92 Å². The summed E-state index contributed by atoms with van der Waals surface area (Å²) in [6.45, 7) is 8.94. The van der Waals surface area contributed by atoms with Crippen LogP contribution in [0.25, 0.3) is 21.5 Å². The summed E-state index contributed by atoms with van der Waals surface area (Å²) in [6.07, 6.45) is -1.10. The van der Waals surface area contributed by atoms with E-state index >= 15 is 0 Å². The molecule has 1 aliphatic rings. The Morgan fingerprint density at radius 3 is 2.75 bits per heavy atom. The van der Waals surface area contributed by atoms with Crippen molar-refractivity contribution in [3.8, 4) is 17.1 Å². The monoisotopic (exact) mass is 546 g/mol. The molecule has 3 atom stereocenters. The van der Waals surface area contributed by atoms with E-state index in [1.165, 1.54) is 0 Å². The Morgan fingerprint density at radius 2 is 2.00 bits per heavy atom. The summed E-state index contributed by atoms with van der Waals surface area (Å²) in [7, 11) is 0. The number of piperazine rings is 1. The second kappa shape index (κ2) is 10.7. The summed E-state index contributed by atoms with van der Waals surface area (Å²) in [5, 5.41) is 16.8. The Balaban J connectivity index is 1.23. The first-order valence-electron chi connectivity index (χ1n) is 11.9. The van der Waals surface area contributed by atoms with Crippen molar-refractivity contribution in [3.63, 3.8) is 0 Å². The second-order valence-electron chi connectivity index (χ2n) is 9.24. The number of fused-ring (bicyclic) bond motifs is 1.